The summed E-state index contributed by atoms with van der Waals surface area (Å²) in [5.74, 6) is 0.405. The van der Waals surface area contributed by atoms with Crippen molar-refractivity contribution in [2.24, 2.45) is 0 Å². The van der Waals surface area contributed by atoms with Crippen LogP contribution in [-0.4, -0.2) is 15.7 Å². The number of aromatic nitrogens is 2. The lowest BCUT2D eigenvalue weighted by atomic mass is 10.2. The second-order valence-electron chi connectivity index (χ2n) is 5.59. The van der Waals surface area contributed by atoms with Crippen LogP contribution in [0.4, 0.5) is 5.69 Å². The van der Waals surface area contributed by atoms with Gasteiger partial charge in [0.25, 0.3) is 5.91 Å². The predicted molar refractivity (Wildman–Crippen MR) is 103 cm³/mol. The molecule has 134 valence electrons. The highest BCUT2D eigenvalue weighted by Gasteiger charge is 2.13. The second-order valence-corrected chi connectivity index (χ2v) is 6.38. The lowest BCUT2D eigenvalue weighted by Crippen LogP contribution is -2.12. The Bertz CT molecular complexity index is 907. The van der Waals surface area contributed by atoms with Crippen LogP contribution in [0.25, 0.3) is 0 Å². The maximum absolute atomic E-state index is 12.3. The van der Waals surface area contributed by atoms with Gasteiger partial charge >= 0.3 is 0 Å². The van der Waals surface area contributed by atoms with Gasteiger partial charge < -0.3 is 10.1 Å². The number of hydrogen-bond donors (Lipinski definition) is 1. The van der Waals surface area contributed by atoms with E-state index in [1.807, 2.05) is 24.3 Å². The smallest absolute Gasteiger partial charge is 0.257 e. The van der Waals surface area contributed by atoms with Crippen molar-refractivity contribution in [1.29, 1.82) is 0 Å². The molecule has 5 nitrogen and oxygen atoms in total. The van der Waals surface area contributed by atoms with E-state index in [-0.39, 0.29) is 17.7 Å². The summed E-state index contributed by atoms with van der Waals surface area (Å²) in [4.78, 5) is 12.3. The molecule has 3 aromatic rings. The summed E-state index contributed by atoms with van der Waals surface area (Å²) < 4.78 is 7.26. The number of amides is 1. The summed E-state index contributed by atoms with van der Waals surface area (Å²) >= 11 is 12.0. The Morgan fingerprint density at radius 2 is 1.96 bits per heavy atom. The number of ether oxygens (including phenoxy) is 1. The molecule has 1 amide bonds. The van der Waals surface area contributed by atoms with Gasteiger partial charge in [-0.3, -0.25) is 4.79 Å². The van der Waals surface area contributed by atoms with E-state index in [2.05, 4.69) is 17.3 Å². The minimum absolute atomic E-state index is 0.220. The summed E-state index contributed by atoms with van der Waals surface area (Å²) in [6.07, 6.45) is 4.20. The van der Waals surface area contributed by atoms with E-state index in [1.165, 1.54) is 5.56 Å². The number of hydrogen-bond acceptors (Lipinski definition) is 3. The molecule has 0 saturated carbocycles. The zero-order chi connectivity index (χ0) is 18.5. The van der Waals surface area contributed by atoms with Crippen LogP contribution in [0.1, 0.15) is 22.8 Å². The number of benzene rings is 2. The fraction of sp³-hybridized carbons (Fsp3) is 0.158. The Morgan fingerprint density at radius 1 is 1.19 bits per heavy atom. The molecule has 7 heteroatoms. The maximum Gasteiger partial charge on any atom is 0.257 e. The number of carbonyl (C=O) groups excluding carboxylic acids is 1. The molecule has 0 saturated heterocycles. The van der Waals surface area contributed by atoms with Crippen molar-refractivity contribution in [2.75, 3.05) is 5.32 Å². The van der Waals surface area contributed by atoms with Crippen LogP contribution in [-0.2, 0) is 13.2 Å². The minimum atomic E-state index is -0.354. The molecule has 26 heavy (non-hydrogen) atoms. The average molecular weight is 390 g/mol. The van der Waals surface area contributed by atoms with Crippen molar-refractivity contribution in [3.63, 3.8) is 0 Å². The van der Waals surface area contributed by atoms with Gasteiger partial charge in [0.05, 0.1) is 33.7 Å². The predicted octanol–water partition coefficient (Wildman–Crippen LogP) is 5.04. The molecule has 2 aromatic carbocycles. The van der Waals surface area contributed by atoms with Gasteiger partial charge in [0.1, 0.15) is 5.75 Å². The number of nitrogens with zero attached hydrogens (tertiary/aromatic N) is 2. The van der Waals surface area contributed by atoms with Gasteiger partial charge in [-0.15, -0.1) is 0 Å². The summed E-state index contributed by atoms with van der Waals surface area (Å²) in [6, 6.07) is 12.8. The van der Waals surface area contributed by atoms with E-state index >= 15 is 0 Å². The molecule has 0 aliphatic rings. The average Bonchev–Trinajstić information content (AvgIpc) is 3.10. The van der Waals surface area contributed by atoms with Crippen LogP contribution in [0.3, 0.4) is 0 Å². The zero-order valence-corrected chi connectivity index (χ0v) is 15.6. The molecule has 0 spiro atoms. The highest BCUT2D eigenvalue weighted by atomic mass is 35.5. The van der Waals surface area contributed by atoms with E-state index in [0.29, 0.717) is 16.3 Å². The lowest BCUT2D eigenvalue weighted by Gasteiger charge is -2.07. The van der Waals surface area contributed by atoms with Crippen LogP contribution in [0.15, 0.2) is 54.9 Å². The number of rotatable bonds is 6. The largest absolute Gasteiger partial charge is 0.471 e. The van der Waals surface area contributed by atoms with Crippen LogP contribution >= 0.6 is 23.2 Å². The minimum Gasteiger partial charge on any atom is -0.471 e. The summed E-state index contributed by atoms with van der Waals surface area (Å²) in [7, 11) is 0. The first-order chi connectivity index (χ1) is 12.6. The van der Waals surface area contributed by atoms with Crippen molar-refractivity contribution < 1.29 is 9.53 Å². The molecular formula is C19H17Cl2N3O2. The van der Waals surface area contributed by atoms with Crippen molar-refractivity contribution in [3.05, 3.63) is 76.0 Å². The monoisotopic (exact) mass is 389 g/mol. The van der Waals surface area contributed by atoms with E-state index in [9.17, 15) is 4.79 Å². The third-order valence-electron chi connectivity index (χ3n) is 3.78. The van der Waals surface area contributed by atoms with Crippen molar-refractivity contribution in [2.45, 2.75) is 20.1 Å². The highest BCUT2D eigenvalue weighted by molar-refractivity contribution is 6.44. The van der Waals surface area contributed by atoms with E-state index in [0.717, 1.165) is 12.2 Å². The quantitative estimate of drug-likeness (QED) is 0.642. The van der Waals surface area contributed by atoms with Gasteiger partial charge in [-0.25, -0.2) is 4.68 Å². The van der Waals surface area contributed by atoms with E-state index < -0.39 is 0 Å². The first-order valence-corrected chi connectivity index (χ1v) is 8.82. The van der Waals surface area contributed by atoms with Crippen LogP contribution in [0, 0.1) is 0 Å². The van der Waals surface area contributed by atoms with E-state index in [1.54, 1.807) is 35.3 Å². The Kier molecular flexibility index (Phi) is 5.81. The van der Waals surface area contributed by atoms with Gasteiger partial charge in [-0.2, -0.15) is 5.10 Å². The molecule has 1 N–H and O–H groups in total. The van der Waals surface area contributed by atoms with Gasteiger partial charge in [0.15, 0.2) is 6.73 Å². The first-order valence-electron chi connectivity index (χ1n) is 8.06. The maximum atomic E-state index is 12.3. The molecule has 3 rings (SSSR count). The Balaban J connectivity index is 1.60. The number of anilines is 1. The van der Waals surface area contributed by atoms with Gasteiger partial charge in [0.2, 0.25) is 0 Å². The van der Waals surface area contributed by atoms with Crippen molar-refractivity contribution in [3.8, 4) is 5.75 Å². The molecule has 1 heterocycles. The molecule has 0 unspecified atom stereocenters. The van der Waals surface area contributed by atoms with Crippen LogP contribution in [0.2, 0.25) is 10.0 Å². The number of aryl methyl sites for hydroxylation is 1. The topological polar surface area (TPSA) is 56.1 Å². The van der Waals surface area contributed by atoms with Gasteiger partial charge in [0, 0.05) is 0 Å². The molecule has 0 radical (unpaired) electrons. The first kappa shape index (κ1) is 18.3. The summed E-state index contributed by atoms with van der Waals surface area (Å²) in [5.41, 5.74) is 2.09. The summed E-state index contributed by atoms with van der Waals surface area (Å²) in [5, 5.41) is 7.46. The summed E-state index contributed by atoms with van der Waals surface area (Å²) in [6.45, 7) is 2.34. The standard InChI is InChI=1S/C19H17Cl2N3O2/c1-2-13-6-8-15(9-7-13)26-12-24-11-14(10-22-24)23-19(25)16-4-3-5-17(20)18(16)21/h3-11H,2,12H2,1H3,(H,23,25). The second kappa shape index (κ2) is 8.25. The number of halogens is 2. The Labute approximate surface area is 161 Å². The van der Waals surface area contributed by atoms with Crippen molar-refractivity contribution in [1.82, 2.24) is 9.78 Å². The van der Waals surface area contributed by atoms with E-state index in [4.69, 9.17) is 27.9 Å². The normalized spacial score (nSPS) is 10.6. The molecule has 0 aliphatic heterocycles. The fourth-order valence-electron chi connectivity index (χ4n) is 2.34. The Hall–Kier alpha value is -2.50. The fourth-order valence-corrected chi connectivity index (χ4v) is 2.72. The Morgan fingerprint density at radius 3 is 2.69 bits per heavy atom. The molecule has 1 aromatic heterocycles. The molecule has 0 aliphatic carbocycles. The highest BCUT2D eigenvalue weighted by Crippen LogP contribution is 2.26. The molecular weight excluding hydrogens is 373 g/mol. The number of carbonyl (C=O) groups is 1. The van der Waals surface area contributed by atoms with Crippen LogP contribution in [0.5, 0.6) is 5.75 Å². The van der Waals surface area contributed by atoms with Gasteiger partial charge in [-0.05, 0) is 36.2 Å². The van der Waals surface area contributed by atoms with Crippen molar-refractivity contribution >= 4 is 34.8 Å². The number of nitrogens with one attached hydrogen (secondary N) is 1. The zero-order valence-electron chi connectivity index (χ0n) is 14.1. The van der Waals surface area contributed by atoms with Crippen LogP contribution < -0.4 is 10.1 Å². The molecule has 0 bridgehead atoms. The third kappa shape index (κ3) is 4.36. The SMILES string of the molecule is CCc1ccc(OCn2cc(NC(=O)c3cccc(Cl)c3Cl)cn2)cc1. The molecule has 0 fully saturated rings. The third-order valence-corrected chi connectivity index (χ3v) is 4.60. The van der Waals surface area contributed by atoms with Gasteiger partial charge in [-0.1, -0.05) is 48.3 Å². The molecule has 0 atom stereocenters. The lowest BCUT2D eigenvalue weighted by molar-refractivity contribution is 0.102.